The van der Waals surface area contributed by atoms with Crippen molar-refractivity contribution in [3.05, 3.63) is 154 Å². The number of hydrogen-bond donors (Lipinski definition) is 0. The van der Waals surface area contributed by atoms with Crippen LogP contribution in [-0.4, -0.2) is 98.0 Å². The standard InChI is InChI=1S/C55H69N3O12/c1-8-42-34(2)35(3)46(64-37(5)59)54(65-42)67-45-36(4)44(57-58-56)53(66-43(45)33-60-29-38-21-13-9-14-22-38)68-50-48(62-31-40-25-17-11-18-26-40)47(61-30-39-23-15-10-16-24-39)49(51-52(50)70-55(6,7)69-51)63-32-41-27-19-12-20-28-41/h9-28,34-36,42-54H,8,29-33H2,1-7H3/t34-,35+,36-,42?,43?,44?,45-,46?,47?,48?,49-,50?,51?,52+,53+,54+/m1/s1. The lowest BCUT2D eigenvalue weighted by atomic mass is 9.82. The maximum Gasteiger partial charge on any atom is 0.303 e. The zero-order valence-corrected chi connectivity index (χ0v) is 41.3. The Balaban J connectivity index is 1.16. The molecule has 0 bridgehead atoms. The van der Waals surface area contributed by atoms with Crippen molar-refractivity contribution >= 4 is 5.97 Å². The SMILES string of the molecule is CCC1O[C@@H](O[C@H]2C(COCc3ccccc3)O[C@@H](OC3C(OCc4ccccc4)C(OCc4ccccc4)[C@@H](OCc4ccccc4)C4OC(C)(C)O[C@@H]34)C(N=[N+]=[N-])[C@H]2C)C(OC(C)=O)[C@@H](C)[C@H]1C. The second kappa shape index (κ2) is 24.1. The molecule has 3 heterocycles. The zero-order valence-electron chi connectivity index (χ0n) is 41.3. The molecule has 3 aliphatic heterocycles. The molecule has 1 aliphatic carbocycles. The second-order valence-electron chi connectivity index (χ2n) is 19.4. The predicted molar refractivity (Wildman–Crippen MR) is 258 cm³/mol. The number of carbonyl (C=O) groups excluding carboxylic acids is 1. The number of fused-ring (bicyclic) bond motifs is 1. The summed E-state index contributed by atoms with van der Waals surface area (Å²) in [7, 11) is 0. The monoisotopic (exact) mass is 963 g/mol. The van der Waals surface area contributed by atoms with E-state index >= 15 is 0 Å². The first-order valence-electron chi connectivity index (χ1n) is 24.7. The highest BCUT2D eigenvalue weighted by atomic mass is 16.8. The number of hydrogen-bond acceptors (Lipinski definition) is 13. The molecule has 376 valence electrons. The molecule has 70 heavy (non-hydrogen) atoms. The molecule has 0 radical (unpaired) electrons. The Labute approximate surface area is 411 Å². The van der Waals surface area contributed by atoms with E-state index in [-0.39, 0.29) is 44.4 Å². The van der Waals surface area contributed by atoms with Crippen molar-refractivity contribution in [1.82, 2.24) is 0 Å². The fourth-order valence-electron chi connectivity index (χ4n) is 10.3. The van der Waals surface area contributed by atoms with Crippen LogP contribution in [0.3, 0.4) is 0 Å². The van der Waals surface area contributed by atoms with E-state index in [0.717, 1.165) is 28.7 Å². The first-order chi connectivity index (χ1) is 33.9. The summed E-state index contributed by atoms with van der Waals surface area (Å²) in [6, 6.07) is 38.6. The molecule has 4 aromatic rings. The van der Waals surface area contributed by atoms with Crippen molar-refractivity contribution in [2.45, 2.75) is 167 Å². The number of esters is 1. The molecule has 15 heteroatoms. The predicted octanol–water partition coefficient (Wildman–Crippen LogP) is 9.64. The van der Waals surface area contributed by atoms with E-state index in [4.69, 9.17) is 52.1 Å². The van der Waals surface area contributed by atoms with Gasteiger partial charge in [0, 0.05) is 17.8 Å². The van der Waals surface area contributed by atoms with Gasteiger partial charge in [-0.3, -0.25) is 4.79 Å². The Morgan fingerprint density at radius 3 is 1.54 bits per heavy atom. The maximum atomic E-state index is 12.6. The quantitative estimate of drug-likeness (QED) is 0.0357. The minimum atomic E-state index is -1.17. The summed E-state index contributed by atoms with van der Waals surface area (Å²) in [6.07, 6.45) is -8.53. The molecule has 8 rings (SSSR count). The van der Waals surface area contributed by atoms with Gasteiger partial charge in [-0.05, 0) is 59.9 Å². The van der Waals surface area contributed by atoms with Gasteiger partial charge in [-0.2, -0.15) is 0 Å². The van der Waals surface area contributed by atoms with Gasteiger partial charge < -0.3 is 52.1 Å². The molecule has 0 N–H and O–H groups in total. The maximum absolute atomic E-state index is 12.6. The Morgan fingerprint density at radius 1 is 0.586 bits per heavy atom. The molecule has 4 aliphatic rings. The smallest absolute Gasteiger partial charge is 0.303 e. The molecule has 8 unspecified atom stereocenters. The Hall–Kier alpha value is -4.74. The van der Waals surface area contributed by atoms with Crippen LogP contribution in [0.25, 0.3) is 10.4 Å². The average Bonchev–Trinajstić information content (AvgIpc) is 3.70. The number of carbonyl (C=O) groups is 1. The van der Waals surface area contributed by atoms with Crippen molar-refractivity contribution in [3.63, 3.8) is 0 Å². The summed E-state index contributed by atoms with van der Waals surface area (Å²) in [5, 5.41) is 4.36. The van der Waals surface area contributed by atoms with Crippen molar-refractivity contribution < 1.29 is 56.9 Å². The Bertz CT molecular complexity index is 2270. The van der Waals surface area contributed by atoms with E-state index in [1.54, 1.807) is 0 Å². The van der Waals surface area contributed by atoms with Gasteiger partial charge in [-0.15, -0.1) is 0 Å². The van der Waals surface area contributed by atoms with Crippen molar-refractivity contribution in [3.8, 4) is 0 Å². The highest BCUT2D eigenvalue weighted by Gasteiger charge is 2.62. The van der Waals surface area contributed by atoms with Crippen LogP contribution in [0, 0.1) is 17.8 Å². The van der Waals surface area contributed by atoms with Gasteiger partial charge in [0.2, 0.25) is 0 Å². The zero-order chi connectivity index (χ0) is 49.2. The number of azide groups is 1. The van der Waals surface area contributed by atoms with Crippen LogP contribution in [0.4, 0.5) is 0 Å². The van der Waals surface area contributed by atoms with Gasteiger partial charge in [0.1, 0.15) is 42.7 Å². The third kappa shape index (κ3) is 12.6. The van der Waals surface area contributed by atoms with E-state index in [2.05, 4.69) is 23.9 Å². The number of nitrogens with zero attached hydrogens (tertiary/aromatic N) is 3. The minimum Gasteiger partial charge on any atom is -0.457 e. The van der Waals surface area contributed by atoms with E-state index in [1.165, 1.54) is 6.92 Å². The van der Waals surface area contributed by atoms with E-state index in [9.17, 15) is 10.3 Å². The number of benzene rings is 4. The third-order valence-electron chi connectivity index (χ3n) is 14.0. The lowest BCUT2D eigenvalue weighted by molar-refractivity contribution is -0.345. The van der Waals surface area contributed by atoms with Gasteiger partial charge >= 0.3 is 5.97 Å². The van der Waals surface area contributed by atoms with Gasteiger partial charge in [0.05, 0.1) is 51.3 Å². The molecular weight excluding hydrogens is 895 g/mol. The van der Waals surface area contributed by atoms with Crippen LogP contribution < -0.4 is 0 Å². The minimum absolute atomic E-state index is 0.0658. The first kappa shape index (κ1) is 51.6. The van der Waals surface area contributed by atoms with Gasteiger partial charge in [0.15, 0.2) is 24.5 Å². The number of rotatable bonds is 20. The van der Waals surface area contributed by atoms with E-state index in [0.29, 0.717) is 6.61 Å². The van der Waals surface area contributed by atoms with Crippen LogP contribution in [0.15, 0.2) is 126 Å². The first-order valence-corrected chi connectivity index (χ1v) is 24.7. The largest absolute Gasteiger partial charge is 0.457 e. The molecule has 15 nitrogen and oxygen atoms in total. The van der Waals surface area contributed by atoms with Crippen LogP contribution >= 0.6 is 0 Å². The molecule has 4 aromatic carbocycles. The Morgan fingerprint density at radius 2 is 1.04 bits per heavy atom. The van der Waals surface area contributed by atoms with Crippen LogP contribution in [0.5, 0.6) is 0 Å². The molecule has 0 spiro atoms. The van der Waals surface area contributed by atoms with Gasteiger partial charge in [-0.1, -0.05) is 154 Å². The fourth-order valence-corrected chi connectivity index (χ4v) is 10.3. The van der Waals surface area contributed by atoms with Gasteiger partial charge in [0.25, 0.3) is 0 Å². The highest BCUT2D eigenvalue weighted by Crippen LogP contribution is 2.45. The van der Waals surface area contributed by atoms with Crippen LogP contribution in [0.1, 0.15) is 77.1 Å². The lowest BCUT2D eigenvalue weighted by Crippen LogP contribution is -2.67. The third-order valence-corrected chi connectivity index (χ3v) is 14.0. The summed E-state index contributed by atoms with van der Waals surface area (Å²) in [4.78, 5) is 15.9. The summed E-state index contributed by atoms with van der Waals surface area (Å²) in [6.45, 7) is 14.3. The topological polar surface area (TPSA) is 167 Å². The van der Waals surface area contributed by atoms with Gasteiger partial charge in [-0.25, -0.2) is 0 Å². The molecule has 3 saturated heterocycles. The molecule has 16 atom stereocenters. The van der Waals surface area contributed by atoms with Crippen molar-refractivity contribution in [2.75, 3.05) is 6.61 Å². The molecule has 4 fully saturated rings. The van der Waals surface area contributed by atoms with Crippen LogP contribution in [0.2, 0.25) is 0 Å². The van der Waals surface area contributed by atoms with Crippen LogP contribution in [-0.2, 0) is 83.3 Å². The van der Waals surface area contributed by atoms with Crippen molar-refractivity contribution in [1.29, 1.82) is 0 Å². The second-order valence-corrected chi connectivity index (χ2v) is 19.4. The summed E-state index contributed by atoms with van der Waals surface area (Å²) in [5.41, 5.74) is 14.1. The summed E-state index contributed by atoms with van der Waals surface area (Å²) in [5.74, 6) is -2.07. The molecule has 0 amide bonds. The Kier molecular flexibility index (Phi) is 17.8. The fraction of sp³-hybridized carbons (Fsp3) is 0.545. The average molecular weight is 964 g/mol. The molecular formula is C55H69N3O12. The molecule has 1 saturated carbocycles. The lowest BCUT2D eigenvalue weighted by Gasteiger charge is -2.51. The normalized spacial score (nSPS) is 33.7. The number of ether oxygens (including phenoxy) is 11. The van der Waals surface area contributed by atoms with E-state index in [1.807, 2.05) is 149 Å². The van der Waals surface area contributed by atoms with Crippen molar-refractivity contribution in [2.24, 2.45) is 22.9 Å². The van der Waals surface area contributed by atoms with E-state index < -0.39 is 91.2 Å². The summed E-state index contributed by atoms with van der Waals surface area (Å²) >= 11 is 0. The summed E-state index contributed by atoms with van der Waals surface area (Å²) < 4.78 is 74.7. The molecule has 0 aromatic heterocycles. The highest BCUT2D eigenvalue weighted by molar-refractivity contribution is 5.66.